The van der Waals surface area contributed by atoms with E-state index < -0.39 is 10.8 Å². The van der Waals surface area contributed by atoms with Crippen molar-refractivity contribution < 1.29 is 0 Å². The third-order valence-electron chi connectivity index (χ3n) is 14.4. The zero-order valence-electron chi connectivity index (χ0n) is 34.7. The Bertz CT molecular complexity index is 3140. The summed E-state index contributed by atoms with van der Waals surface area (Å²) in [6, 6.07) is 81.9. The molecule has 290 valence electrons. The van der Waals surface area contributed by atoms with Gasteiger partial charge in [0.05, 0.1) is 16.8 Å². The summed E-state index contributed by atoms with van der Waals surface area (Å²) in [4.78, 5) is 2.62. The van der Waals surface area contributed by atoms with Gasteiger partial charge in [0.2, 0.25) is 0 Å². The van der Waals surface area contributed by atoms with Crippen molar-refractivity contribution in [3.8, 4) is 33.4 Å². The largest absolute Gasteiger partial charge is 0.310 e. The number of hydrogen-bond acceptors (Lipinski definition) is 1. The van der Waals surface area contributed by atoms with Crippen LogP contribution in [0.5, 0.6) is 0 Å². The van der Waals surface area contributed by atoms with E-state index in [9.17, 15) is 0 Å². The van der Waals surface area contributed by atoms with E-state index >= 15 is 0 Å². The normalized spacial score (nSPS) is 16.8. The second-order valence-corrected chi connectivity index (χ2v) is 17.7. The van der Waals surface area contributed by atoms with Crippen molar-refractivity contribution in [3.05, 3.63) is 268 Å². The van der Waals surface area contributed by atoms with Crippen LogP contribution in [0, 0.1) is 0 Å². The molecule has 0 fully saturated rings. The molecule has 12 rings (SSSR count). The fraction of sp³-hybridized carbons (Fsp3) is 0.100. The van der Waals surface area contributed by atoms with Crippen LogP contribution >= 0.6 is 0 Å². The molecule has 0 saturated heterocycles. The molecule has 1 nitrogen and oxygen atoms in total. The molecular weight excluding hydrogens is 735 g/mol. The third kappa shape index (κ3) is 4.78. The molecule has 3 aliphatic carbocycles. The quantitative estimate of drug-likeness (QED) is 0.162. The lowest BCUT2D eigenvalue weighted by Crippen LogP contribution is -2.28. The van der Waals surface area contributed by atoms with Gasteiger partial charge in [0.1, 0.15) is 0 Å². The summed E-state index contributed by atoms with van der Waals surface area (Å²) in [5.41, 5.74) is 22.0. The minimum Gasteiger partial charge on any atom is -0.310 e. The molecule has 0 saturated carbocycles. The van der Waals surface area contributed by atoms with Crippen LogP contribution in [0.15, 0.2) is 218 Å². The van der Waals surface area contributed by atoms with Gasteiger partial charge in [-0.15, -0.1) is 0 Å². The lowest BCUT2D eigenvalue weighted by Gasteiger charge is -2.37. The van der Waals surface area contributed by atoms with E-state index in [0.29, 0.717) is 0 Å². The van der Waals surface area contributed by atoms with E-state index in [1.807, 2.05) is 0 Å². The average Bonchev–Trinajstić information content (AvgIpc) is 3.87. The van der Waals surface area contributed by atoms with Gasteiger partial charge in [0, 0.05) is 22.1 Å². The van der Waals surface area contributed by atoms with Gasteiger partial charge in [0.25, 0.3) is 0 Å². The predicted octanol–water partition coefficient (Wildman–Crippen LogP) is 15.2. The second kappa shape index (κ2) is 13.1. The highest BCUT2D eigenvalue weighted by Gasteiger charge is 2.49. The minimum absolute atomic E-state index is 0.165. The van der Waals surface area contributed by atoms with Crippen LogP contribution in [-0.4, -0.2) is 0 Å². The first-order chi connectivity index (χ1) is 29.9. The molecule has 1 atom stereocenters. The number of nitrogens with zero attached hydrogens (tertiary/aromatic N) is 1. The Labute approximate surface area is 359 Å². The average molecular weight is 780 g/mol. The summed E-state index contributed by atoms with van der Waals surface area (Å²) in [7, 11) is 0. The maximum Gasteiger partial charge on any atom is 0.0714 e. The zero-order valence-corrected chi connectivity index (χ0v) is 34.7. The Morgan fingerprint density at radius 1 is 0.328 bits per heavy atom. The van der Waals surface area contributed by atoms with Crippen molar-refractivity contribution in [3.63, 3.8) is 0 Å². The smallest absolute Gasteiger partial charge is 0.0714 e. The van der Waals surface area contributed by atoms with Crippen molar-refractivity contribution in [2.45, 2.75) is 37.0 Å². The SMILES string of the molecule is CC1(C)c2ccccc2-c2ccc(N(c3cccc4c3-c3ccccc3C4(c3ccccc3)c3ccccc3)c3cccc4c3C(C)(c3ccccc3)c3ccccc3-4)cc21. The van der Waals surface area contributed by atoms with Gasteiger partial charge < -0.3 is 4.90 Å². The van der Waals surface area contributed by atoms with Crippen LogP contribution in [0.3, 0.4) is 0 Å². The summed E-state index contributed by atoms with van der Waals surface area (Å²) in [5.74, 6) is 0. The van der Waals surface area contributed by atoms with E-state index in [-0.39, 0.29) is 5.41 Å². The number of hydrogen-bond donors (Lipinski definition) is 0. The Hall–Kier alpha value is -7.22. The van der Waals surface area contributed by atoms with Gasteiger partial charge >= 0.3 is 0 Å². The highest BCUT2D eigenvalue weighted by atomic mass is 15.2. The first kappa shape index (κ1) is 35.7. The Kier molecular flexibility index (Phi) is 7.69. The molecule has 9 aromatic rings. The highest BCUT2D eigenvalue weighted by Crippen LogP contribution is 2.62. The number of fused-ring (bicyclic) bond motifs is 9. The maximum atomic E-state index is 2.62. The summed E-state index contributed by atoms with van der Waals surface area (Å²) in [6.45, 7) is 7.22. The third-order valence-corrected chi connectivity index (χ3v) is 14.4. The number of anilines is 3. The van der Waals surface area contributed by atoms with Crippen molar-refractivity contribution in [1.82, 2.24) is 0 Å². The molecule has 1 unspecified atom stereocenters. The van der Waals surface area contributed by atoms with E-state index in [4.69, 9.17) is 0 Å². The summed E-state index contributed by atoms with van der Waals surface area (Å²) in [6.07, 6.45) is 0. The fourth-order valence-electron chi connectivity index (χ4n) is 11.7. The molecule has 0 bridgehead atoms. The van der Waals surface area contributed by atoms with Crippen LogP contribution in [0.2, 0.25) is 0 Å². The predicted molar refractivity (Wildman–Crippen MR) is 253 cm³/mol. The molecule has 0 aliphatic heterocycles. The topological polar surface area (TPSA) is 3.24 Å². The van der Waals surface area contributed by atoms with E-state index in [0.717, 1.165) is 5.69 Å². The minimum atomic E-state index is -0.523. The standard InChI is InChI=1S/C60H45N/c1-58(2)49-31-16-13-27-44(49)46-38-37-43(39-53(46)58)61(55-36-19-30-47-45-28-14-17-32-50(45)59(3,57(47)55)40-21-7-4-8-22-40)54-35-20-34-52-56(54)48-29-15-18-33-51(48)60(52,41-23-9-5-10-24-41)42-25-11-6-12-26-42/h4-39H,1-3H3. The Morgan fingerprint density at radius 3 is 1.48 bits per heavy atom. The van der Waals surface area contributed by atoms with Crippen molar-refractivity contribution in [2.75, 3.05) is 4.90 Å². The van der Waals surface area contributed by atoms with Gasteiger partial charge in [-0.3, -0.25) is 0 Å². The molecule has 0 amide bonds. The first-order valence-corrected chi connectivity index (χ1v) is 21.6. The van der Waals surface area contributed by atoms with E-state index in [1.54, 1.807) is 0 Å². The monoisotopic (exact) mass is 779 g/mol. The number of benzene rings is 9. The molecule has 0 N–H and O–H groups in total. The molecule has 0 heterocycles. The van der Waals surface area contributed by atoms with Gasteiger partial charge in [-0.2, -0.15) is 0 Å². The molecule has 0 radical (unpaired) electrons. The van der Waals surface area contributed by atoms with Gasteiger partial charge in [-0.1, -0.05) is 208 Å². The van der Waals surface area contributed by atoms with Gasteiger partial charge in [-0.05, 0) is 109 Å². The summed E-state index contributed by atoms with van der Waals surface area (Å²) in [5, 5.41) is 0. The molecular formula is C60H45N. The van der Waals surface area contributed by atoms with E-state index in [2.05, 4.69) is 244 Å². The van der Waals surface area contributed by atoms with Crippen LogP contribution in [0.4, 0.5) is 17.1 Å². The molecule has 1 heteroatoms. The first-order valence-electron chi connectivity index (χ1n) is 21.6. The summed E-state index contributed by atoms with van der Waals surface area (Å²) < 4.78 is 0. The zero-order chi connectivity index (χ0) is 40.9. The van der Waals surface area contributed by atoms with Crippen molar-refractivity contribution >= 4 is 17.1 Å². The lowest BCUT2D eigenvalue weighted by molar-refractivity contribution is 0.660. The van der Waals surface area contributed by atoms with Crippen LogP contribution in [0.25, 0.3) is 33.4 Å². The van der Waals surface area contributed by atoms with Crippen molar-refractivity contribution in [2.24, 2.45) is 0 Å². The molecule has 3 aliphatic rings. The molecule has 9 aromatic carbocycles. The molecule has 0 spiro atoms. The van der Waals surface area contributed by atoms with Gasteiger partial charge in [-0.25, -0.2) is 0 Å². The van der Waals surface area contributed by atoms with E-state index in [1.165, 1.54) is 94.8 Å². The van der Waals surface area contributed by atoms with Crippen molar-refractivity contribution in [1.29, 1.82) is 0 Å². The van der Waals surface area contributed by atoms with Gasteiger partial charge in [0.15, 0.2) is 0 Å². The van der Waals surface area contributed by atoms with Crippen LogP contribution in [-0.2, 0) is 16.2 Å². The lowest BCUT2D eigenvalue weighted by atomic mass is 9.67. The van der Waals surface area contributed by atoms with Crippen LogP contribution in [0.1, 0.15) is 70.8 Å². The Balaban J connectivity index is 1.20. The molecule has 0 aromatic heterocycles. The molecule has 61 heavy (non-hydrogen) atoms. The Morgan fingerprint density at radius 2 is 0.803 bits per heavy atom. The van der Waals surface area contributed by atoms with Crippen LogP contribution < -0.4 is 4.90 Å². The highest BCUT2D eigenvalue weighted by molar-refractivity contribution is 6.00. The summed E-state index contributed by atoms with van der Waals surface area (Å²) >= 11 is 0. The fourth-order valence-corrected chi connectivity index (χ4v) is 11.7. The second-order valence-electron chi connectivity index (χ2n) is 17.7. The maximum absolute atomic E-state index is 2.62. The number of rotatable bonds is 6.